The summed E-state index contributed by atoms with van der Waals surface area (Å²) in [5.41, 5.74) is 1.21. The summed E-state index contributed by atoms with van der Waals surface area (Å²) in [5, 5.41) is 5.49. The summed E-state index contributed by atoms with van der Waals surface area (Å²) in [4.78, 5) is 25.9. The Labute approximate surface area is 153 Å². The zero-order valence-corrected chi connectivity index (χ0v) is 15.5. The molecule has 2 aromatic carbocycles. The third kappa shape index (κ3) is 4.53. The summed E-state index contributed by atoms with van der Waals surface area (Å²) >= 11 is 4.21. The maximum absolute atomic E-state index is 13.4. The van der Waals surface area contributed by atoms with Gasteiger partial charge in [-0.05, 0) is 70.2 Å². The van der Waals surface area contributed by atoms with Crippen molar-refractivity contribution >= 4 is 39.4 Å². The van der Waals surface area contributed by atoms with Gasteiger partial charge in [-0.2, -0.15) is 0 Å². The quantitative estimate of drug-likeness (QED) is 0.413. The Kier molecular flexibility index (Phi) is 6.71. The third-order valence-corrected chi connectivity index (χ3v) is 4.91. The van der Waals surface area contributed by atoms with Crippen molar-refractivity contribution in [2.24, 2.45) is 11.1 Å². The molecule has 126 valence electrons. The summed E-state index contributed by atoms with van der Waals surface area (Å²) in [6.45, 7) is 1.73. The molecular weight excluding hydrogens is 393 g/mol. The average Bonchev–Trinajstić information content (AvgIpc) is 2.61. The van der Waals surface area contributed by atoms with Crippen LogP contribution in [0.25, 0.3) is 0 Å². The Hall–Kier alpha value is -1.50. The van der Waals surface area contributed by atoms with Crippen molar-refractivity contribution in [3.05, 3.63) is 63.9 Å². The molecule has 1 atom stereocenters. The highest BCUT2D eigenvalue weighted by Gasteiger charge is 2.27. The second-order valence-corrected chi connectivity index (χ2v) is 6.89. The lowest BCUT2D eigenvalue weighted by atomic mass is 9.87. The van der Waals surface area contributed by atoms with Gasteiger partial charge in [0.15, 0.2) is 5.78 Å². The number of carbonyl (C=O) groups is 2. The van der Waals surface area contributed by atoms with Gasteiger partial charge in [0.2, 0.25) is 0 Å². The van der Waals surface area contributed by atoms with E-state index in [2.05, 4.69) is 15.9 Å². The first-order valence-corrected chi connectivity index (χ1v) is 9.11. The fourth-order valence-corrected chi connectivity index (χ4v) is 3.06. The molecule has 2 N–H and O–H groups in total. The Morgan fingerprint density at radius 3 is 2.42 bits per heavy atom. The topological polar surface area (TPSA) is 60.2 Å². The Morgan fingerprint density at radius 1 is 1.21 bits per heavy atom. The lowest BCUT2D eigenvalue weighted by molar-refractivity contribution is -0.121. The highest BCUT2D eigenvalue weighted by Crippen LogP contribution is 2.23. The molecule has 0 saturated carbocycles. The normalized spacial score (nSPS) is 12.0. The molecule has 0 heterocycles. The number of benzene rings is 2. The molecule has 0 spiro atoms. The summed E-state index contributed by atoms with van der Waals surface area (Å²) < 4.78 is 13.6. The zero-order valence-electron chi connectivity index (χ0n) is 13.1. The number of Topliss-reactive ketones (excluding diaryl/α,β-unsaturated/α-hetero) is 2. The van der Waals surface area contributed by atoms with Crippen molar-refractivity contribution in [2.45, 2.75) is 24.7 Å². The van der Waals surface area contributed by atoms with Crippen LogP contribution in [0.2, 0.25) is 0 Å². The van der Waals surface area contributed by atoms with E-state index in [1.165, 1.54) is 18.2 Å². The molecule has 2 aromatic rings. The lowest BCUT2D eigenvalue weighted by Gasteiger charge is -2.15. The number of hydrogen-bond donors (Lipinski definition) is 1. The SMILES string of the molecule is CCC(=O)C(Cc1ccc(SN)cc1)C(=O)c1ccc(F)c(Br)c1. The number of halogens is 2. The minimum absolute atomic E-state index is 0.127. The standard InChI is InChI=1S/C18H17BrFNO2S/c1-2-17(22)14(9-11-3-6-13(24-21)7-4-11)18(23)12-5-8-16(20)15(19)10-12/h3-8,10,14H,2,9,21H2,1H3. The van der Waals surface area contributed by atoms with Gasteiger partial charge in [0.05, 0.1) is 10.4 Å². The lowest BCUT2D eigenvalue weighted by Crippen LogP contribution is -2.26. The van der Waals surface area contributed by atoms with Crippen molar-refractivity contribution in [3.63, 3.8) is 0 Å². The first-order valence-electron chi connectivity index (χ1n) is 7.44. The average molecular weight is 410 g/mol. The Bertz CT molecular complexity index is 749. The van der Waals surface area contributed by atoms with Gasteiger partial charge in [0.25, 0.3) is 0 Å². The van der Waals surface area contributed by atoms with Gasteiger partial charge >= 0.3 is 0 Å². The van der Waals surface area contributed by atoms with Crippen LogP contribution in [0.5, 0.6) is 0 Å². The Morgan fingerprint density at radius 2 is 1.88 bits per heavy atom. The van der Waals surface area contributed by atoms with Gasteiger partial charge in [-0.3, -0.25) is 14.7 Å². The van der Waals surface area contributed by atoms with Gasteiger partial charge in [-0.15, -0.1) is 0 Å². The maximum atomic E-state index is 13.4. The summed E-state index contributed by atoms with van der Waals surface area (Å²) in [5.74, 6) is -1.64. The highest BCUT2D eigenvalue weighted by molar-refractivity contribution is 9.10. The van der Waals surface area contributed by atoms with E-state index in [0.717, 1.165) is 22.4 Å². The van der Waals surface area contributed by atoms with Gasteiger partial charge in [0, 0.05) is 16.9 Å². The van der Waals surface area contributed by atoms with E-state index in [1.807, 2.05) is 24.3 Å². The Balaban J connectivity index is 2.28. The first kappa shape index (κ1) is 18.8. The number of ketones is 2. The van der Waals surface area contributed by atoms with Crippen LogP contribution >= 0.6 is 27.9 Å². The number of nitrogens with two attached hydrogens (primary N) is 1. The van der Waals surface area contributed by atoms with Crippen LogP contribution in [0.1, 0.15) is 29.3 Å². The molecule has 0 aliphatic carbocycles. The number of rotatable bonds is 7. The molecular formula is C18H17BrFNO2S. The van der Waals surface area contributed by atoms with Gasteiger partial charge in [0.1, 0.15) is 11.6 Å². The van der Waals surface area contributed by atoms with Gasteiger partial charge < -0.3 is 0 Å². The monoisotopic (exact) mass is 409 g/mol. The van der Waals surface area contributed by atoms with Gasteiger partial charge in [-0.1, -0.05) is 19.1 Å². The van der Waals surface area contributed by atoms with E-state index in [9.17, 15) is 14.0 Å². The van der Waals surface area contributed by atoms with E-state index >= 15 is 0 Å². The van der Waals surface area contributed by atoms with Crippen LogP contribution in [0.15, 0.2) is 51.8 Å². The molecule has 6 heteroatoms. The van der Waals surface area contributed by atoms with Crippen molar-refractivity contribution in [1.82, 2.24) is 0 Å². The minimum Gasteiger partial charge on any atom is -0.299 e. The fraction of sp³-hybridized carbons (Fsp3) is 0.222. The molecule has 24 heavy (non-hydrogen) atoms. The summed E-state index contributed by atoms with van der Waals surface area (Å²) in [6, 6.07) is 11.5. The van der Waals surface area contributed by atoms with Crippen LogP contribution in [-0.2, 0) is 11.2 Å². The first-order chi connectivity index (χ1) is 11.5. The van der Waals surface area contributed by atoms with E-state index in [1.54, 1.807) is 6.92 Å². The van der Waals surface area contributed by atoms with E-state index in [-0.39, 0.29) is 22.5 Å². The van der Waals surface area contributed by atoms with Crippen LogP contribution in [0.3, 0.4) is 0 Å². The van der Waals surface area contributed by atoms with Crippen LogP contribution in [0, 0.1) is 11.7 Å². The van der Waals surface area contributed by atoms with E-state index < -0.39 is 11.7 Å². The predicted octanol–water partition coefficient (Wildman–Crippen LogP) is 4.57. The third-order valence-electron chi connectivity index (χ3n) is 3.76. The van der Waals surface area contributed by atoms with E-state index in [4.69, 9.17) is 5.14 Å². The summed E-state index contributed by atoms with van der Waals surface area (Å²) in [7, 11) is 0. The molecule has 1 unspecified atom stereocenters. The predicted molar refractivity (Wildman–Crippen MR) is 97.4 cm³/mol. The van der Waals surface area contributed by atoms with Crippen molar-refractivity contribution in [3.8, 4) is 0 Å². The molecule has 0 amide bonds. The van der Waals surface area contributed by atoms with Crippen molar-refractivity contribution in [1.29, 1.82) is 0 Å². The molecule has 0 radical (unpaired) electrons. The van der Waals surface area contributed by atoms with Crippen LogP contribution < -0.4 is 5.14 Å². The fourth-order valence-electron chi connectivity index (χ4n) is 2.39. The van der Waals surface area contributed by atoms with Crippen molar-refractivity contribution < 1.29 is 14.0 Å². The molecule has 0 aromatic heterocycles. The smallest absolute Gasteiger partial charge is 0.173 e. The van der Waals surface area contributed by atoms with E-state index in [0.29, 0.717) is 12.0 Å². The van der Waals surface area contributed by atoms with Crippen molar-refractivity contribution in [2.75, 3.05) is 0 Å². The zero-order chi connectivity index (χ0) is 17.7. The molecule has 0 fully saturated rings. The molecule has 0 aliphatic heterocycles. The largest absolute Gasteiger partial charge is 0.299 e. The minimum atomic E-state index is -0.774. The van der Waals surface area contributed by atoms with Crippen LogP contribution in [0.4, 0.5) is 4.39 Å². The highest BCUT2D eigenvalue weighted by atomic mass is 79.9. The molecule has 0 aliphatic rings. The maximum Gasteiger partial charge on any atom is 0.173 e. The summed E-state index contributed by atoms with van der Waals surface area (Å²) in [6.07, 6.45) is 0.589. The number of carbonyl (C=O) groups excluding carboxylic acids is 2. The van der Waals surface area contributed by atoms with Crippen LogP contribution in [-0.4, -0.2) is 11.6 Å². The second kappa shape index (κ2) is 8.55. The second-order valence-electron chi connectivity index (χ2n) is 5.33. The number of hydrogen-bond acceptors (Lipinski definition) is 4. The molecule has 0 saturated heterocycles. The molecule has 3 nitrogen and oxygen atoms in total. The van der Waals surface area contributed by atoms with Gasteiger partial charge in [-0.25, -0.2) is 4.39 Å². The molecule has 0 bridgehead atoms. The molecule has 2 rings (SSSR count).